The van der Waals surface area contributed by atoms with Gasteiger partial charge >= 0.3 is 0 Å². The SMILES string of the molecule is Cc1cc(NCc2cnn(C)c2C)cc([N+](=O)[O-])c1. The lowest BCUT2D eigenvalue weighted by Crippen LogP contribution is -2.02. The maximum Gasteiger partial charge on any atom is 0.271 e. The summed E-state index contributed by atoms with van der Waals surface area (Å²) in [4.78, 5) is 10.4. The Morgan fingerprint density at radius 1 is 1.37 bits per heavy atom. The quantitative estimate of drug-likeness (QED) is 0.677. The summed E-state index contributed by atoms with van der Waals surface area (Å²) in [6.45, 7) is 4.43. The molecular weight excluding hydrogens is 244 g/mol. The van der Waals surface area contributed by atoms with Crippen LogP contribution < -0.4 is 5.32 Å². The van der Waals surface area contributed by atoms with Gasteiger partial charge in [-0.05, 0) is 25.5 Å². The molecule has 1 heterocycles. The van der Waals surface area contributed by atoms with Crippen LogP contribution in [-0.4, -0.2) is 14.7 Å². The predicted molar refractivity (Wildman–Crippen MR) is 73.1 cm³/mol. The highest BCUT2D eigenvalue weighted by atomic mass is 16.6. The largest absolute Gasteiger partial charge is 0.381 e. The second kappa shape index (κ2) is 5.09. The van der Waals surface area contributed by atoms with E-state index in [0.717, 1.165) is 22.5 Å². The summed E-state index contributed by atoms with van der Waals surface area (Å²) in [5.41, 5.74) is 3.86. The van der Waals surface area contributed by atoms with Crippen LogP contribution in [0.5, 0.6) is 0 Å². The summed E-state index contributed by atoms with van der Waals surface area (Å²) in [5.74, 6) is 0. The second-order valence-electron chi connectivity index (χ2n) is 4.55. The maximum atomic E-state index is 10.8. The molecule has 0 aliphatic carbocycles. The zero-order valence-corrected chi connectivity index (χ0v) is 11.2. The van der Waals surface area contributed by atoms with Crippen LogP contribution in [0.15, 0.2) is 24.4 Å². The van der Waals surface area contributed by atoms with Gasteiger partial charge < -0.3 is 5.32 Å². The molecule has 0 bridgehead atoms. The van der Waals surface area contributed by atoms with Crippen molar-refractivity contribution in [2.45, 2.75) is 20.4 Å². The normalized spacial score (nSPS) is 10.5. The van der Waals surface area contributed by atoms with Gasteiger partial charge in [0.05, 0.1) is 11.1 Å². The first kappa shape index (κ1) is 13.1. The third-order valence-electron chi connectivity index (χ3n) is 3.09. The number of rotatable bonds is 4. The number of aryl methyl sites for hydroxylation is 2. The minimum atomic E-state index is -0.381. The molecule has 0 radical (unpaired) electrons. The molecule has 100 valence electrons. The highest BCUT2D eigenvalue weighted by Gasteiger charge is 2.09. The Morgan fingerprint density at radius 2 is 2.11 bits per heavy atom. The molecule has 0 aliphatic rings. The fraction of sp³-hybridized carbons (Fsp3) is 0.308. The van der Waals surface area contributed by atoms with Gasteiger partial charge in [0.2, 0.25) is 0 Å². The molecule has 0 spiro atoms. The highest BCUT2D eigenvalue weighted by Crippen LogP contribution is 2.21. The fourth-order valence-corrected chi connectivity index (χ4v) is 1.89. The van der Waals surface area contributed by atoms with E-state index in [0.29, 0.717) is 6.54 Å². The standard InChI is InChI=1S/C13H16N4O2/c1-9-4-12(6-13(5-9)17(18)19)14-7-11-8-15-16(3)10(11)2/h4-6,8,14H,7H2,1-3H3. The van der Waals surface area contributed by atoms with Crippen LogP contribution in [-0.2, 0) is 13.6 Å². The first-order chi connectivity index (χ1) is 8.97. The number of nitrogens with one attached hydrogen (secondary N) is 1. The molecule has 0 amide bonds. The molecule has 0 fully saturated rings. The van der Waals surface area contributed by atoms with Crippen molar-refractivity contribution in [1.29, 1.82) is 0 Å². The molecule has 6 nitrogen and oxygen atoms in total. The molecule has 1 N–H and O–H groups in total. The van der Waals surface area contributed by atoms with Crippen molar-refractivity contribution >= 4 is 11.4 Å². The molecule has 19 heavy (non-hydrogen) atoms. The van der Waals surface area contributed by atoms with E-state index >= 15 is 0 Å². The summed E-state index contributed by atoms with van der Waals surface area (Å²) in [7, 11) is 1.89. The molecule has 1 aromatic heterocycles. The molecule has 0 unspecified atom stereocenters. The van der Waals surface area contributed by atoms with Crippen LogP contribution in [0.25, 0.3) is 0 Å². The van der Waals surface area contributed by atoms with Gasteiger partial charge in [-0.25, -0.2) is 0 Å². The van der Waals surface area contributed by atoms with E-state index in [2.05, 4.69) is 10.4 Å². The van der Waals surface area contributed by atoms with E-state index in [1.54, 1.807) is 23.0 Å². The van der Waals surface area contributed by atoms with Gasteiger partial charge in [0.1, 0.15) is 0 Å². The summed E-state index contributed by atoms with van der Waals surface area (Å²) in [5, 5.41) is 18.2. The van der Waals surface area contributed by atoms with Crippen LogP contribution in [0, 0.1) is 24.0 Å². The lowest BCUT2D eigenvalue weighted by molar-refractivity contribution is -0.384. The maximum absolute atomic E-state index is 10.8. The van der Waals surface area contributed by atoms with E-state index in [9.17, 15) is 10.1 Å². The third-order valence-corrected chi connectivity index (χ3v) is 3.09. The average molecular weight is 260 g/mol. The third kappa shape index (κ3) is 2.90. The smallest absolute Gasteiger partial charge is 0.271 e. The number of anilines is 1. The lowest BCUT2D eigenvalue weighted by Gasteiger charge is -2.07. The van der Waals surface area contributed by atoms with Gasteiger partial charge in [0, 0.05) is 42.7 Å². The Hall–Kier alpha value is -2.37. The van der Waals surface area contributed by atoms with Gasteiger partial charge in [0.25, 0.3) is 5.69 Å². The number of benzene rings is 1. The molecule has 2 rings (SSSR count). The van der Waals surface area contributed by atoms with Crippen molar-refractivity contribution in [3.8, 4) is 0 Å². The number of nitro benzene ring substituents is 1. The van der Waals surface area contributed by atoms with Crippen LogP contribution in [0.1, 0.15) is 16.8 Å². The Morgan fingerprint density at radius 3 is 2.68 bits per heavy atom. The van der Waals surface area contributed by atoms with Crippen molar-refractivity contribution in [3.63, 3.8) is 0 Å². The van der Waals surface area contributed by atoms with Crippen molar-refractivity contribution in [2.24, 2.45) is 7.05 Å². The minimum absolute atomic E-state index is 0.102. The average Bonchev–Trinajstić information content (AvgIpc) is 2.67. The number of hydrogen-bond donors (Lipinski definition) is 1. The first-order valence-corrected chi connectivity index (χ1v) is 5.95. The Kier molecular flexibility index (Phi) is 3.50. The number of nitrogens with zero attached hydrogens (tertiary/aromatic N) is 3. The van der Waals surface area contributed by atoms with Crippen LogP contribution in [0.4, 0.5) is 11.4 Å². The Labute approximate surface area is 111 Å². The number of nitro groups is 1. The van der Waals surface area contributed by atoms with Crippen molar-refractivity contribution in [2.75, 3.05) is 5.32 Å². The summed E-state index contributed by atoms with van der Waals surface area (Å²) in [6.07, 6.45) is 1.80. The first-order valence-electron chi connectivity index (χ1n) is 5.95. The Bertz CT molecular complexity index is 619. The van der Waals surface area contributed by atoms with Gasteiger partial charge in [-0.3, -0.25) is 14.8 Å². The lowest BCUT2D eigenvalue weighted by atomic mass is 10.2. The van der Waals surface area contributed by atoms with Crippen molar-refractivity contribution < 1.29 is 4.92 Å². The molecule has 0 saturated carbocycles. The van der Waals surface area contributed by atoms with E-state index in [4.69, 9.17) is 0 Å². The van der Waals surface area contributed by atoms with E-state index in [1.807, 2.05) is 27.0 Å². The topological polar surface area (TPSA) is 73.0 Å². The van der Waals surface area contributed by atoms with E-state index in [-0.39, 0.29) is 10.6 Å². The number of aromatic nitrogens is 2. The van der Waals surface area contributed by atoms with Gasteiger partial charge in [-0.1, -0.05) is 0 Å². The predicted octanol–water partition coefficient (Wildman–Crippen LogP) is 2.56. The summed E-state index contributed by atoms with van der Waals surface area (Å²) >= 11 is 0. The van der Waals surface area contributed by atoms with E-state index in [1.165, 1.54) is 0 Å². The fourth-order valence-electron chi connectivity index (χ4n) is 1.89. The van der Waals surface area contributed by atoms with E-state index < -0.39 is 0 Å². The number of hydrogen-bond acceptors (Lipinski definition) is 4. The Balaban J connectivity index is 2.15. The summed E-state index contributed by atoms with van der Waals surface area (Å²) < 4.78 is 1.80. The van der Waals surface area contributed by atoms with Crippen LogP contribution >= 0.6 is 0 Å². The summed E-state index contributed by atoms with van der Waals surface area (Å²) in [6, 6.07) is 4.98. The molecular formula is C13H16N4O2. The van der Waals surface area contributed by atoms with Crippen molar-refractivity contribution in [3.05, 3.63) is 51.3 Å². The minimum Gasteiger partial charge on any atom is -0.381 e. The molecule has 2 aromatic rings. The second-order valence-corrected chi connectivity index (χ2v) is 4.55. The molecule has 6 heteroatoms. The molecule has 1 aromatic carbocycles. The molecule has 0 atom stereocenters. The van der Waals surface area contributed by atoms with Crippen LogP contribution in [0.3, 0.4) is 0 Å². The number of non-ortho nitro benzene ring substituents is 1. The monoisotopic (exact) mass is 260 g/mol. The van der Waals surface area contributed by atoms with Crippen LogP contribution in [0.2, 0.25) is 0 Å². The molecule has 0 aliphatic heterocycles. The molecule has 0 saturated heterocycles. The zero-order valence-electron chi connectivity index (χ0n) is 11.2. The highest BCUT2D eigenvalue weighted by molar-refractivity contribution is 5.54. The van der Waals surface area contributed by atoms with Gasteiger partial charge in [-0.2, -0.15) is 5.10 Å². The van der Waals surface area contributed by atoms with Gasteiger partial charge in [0.15, 0.2) is 0 Å². The van der Waals surface area contributed by atoms with Crippen molar-refractivity contribution in [1.82, 2.24) is 9.78 Å². The van der Waals surface area contributed by atoms with Gasteiger partial charge in [-0.15, -0.1) is 0 Å². The zero-order chi connectivity index (χ0) is 14.0.